The number of hydrogen-bond acceptors (Lipinski definition) is 3. The van der Waals surface area contributed by atoms with Gasteiger partial charge in [-0.1, -0.05) is 12.1 Å². The normalized spacial score (nSPS) is 21.4. The molecule has 5 nitrogen and oxygen atoms in total. The van der Waals surface area contributed by atoms with Gasteiger partial charge in [0.2, 0.25) is 11.8 Å². The molecule has 4 rings (SSSR count). The van der Waals surface area contributed by atoms with Crippen molar-refractivity contribution in [2.45, 2.75) is 25.2 Å². The highest BCUT2D eigenvalue weighted by Gasteiger charge is 2.50. The molecule has 0 saturated carbocycles. The first-order chi connectivity index (χ1) is 10.6. The molecule has 2 aromatic rings. The minimum absolute atomic E-state index is 0.0125. The van der Waals surface area contributed by atoms with Crippen LogP contribution in [0.5, 0.6) is 0 Å². The second kappa shape index (κ2) is 4.40. The fourth-order valence-corrected chi connectivity index (χ4v) is 3.55. The van der Waals surface area contributed by atoms with Crippen LogP contribution in [0.3, 0.4) is 0 Å². The van der Waals surface area contributed by atoms with Gasteiger partial charge in [-0.25, -0.2) is 4.98 Å². The Balaban J connectivity index is 1.75. The lowest BCUT2D eigenvalue weighted by molar-refractivity contribution is -0.120. The molecule has 2 aliphatic rings. The standard InChI is InChI=1S/C17H15N3O2/c1-10(21)19-13-5-4-11-8-17(9-12(11)7-13)14-3-2-6-18-15(14)20-16(17)22/h2-7H,8-9H2,1H3,(H,19,21)(H,18,20,22). The Kier molecular flexibility index (Phi) is 2.60. The molecule has 0 fully saturated rings. The second-order valence-corrected chi connectivity index (χ2v) is 5.95. The van der Waals surface area contributed by atoms with Crippen LogP contribution in [0.25, 0.3) is 0 Å². The predicted octanol–water partition coefficient (Wildman–Crippen LogP) is 2.03. The maximum atomic E-state index is 12.6. The topological polar surface area (TPSA) is 71.1 Å². The second-order valence-electron chi connectivity index (χ2n) is 5.95. The number of aromatic nitrogens is 1. The number of carbonyl (C=O) groups is 2. The van der Waals surface area contributed by atoms with Crippen molar-refractivity contribution in [2.75, 3.05) is 10.6 Å². The molecular weight excluding hydrogens is 278 g/mol. The largest absolute Gasteiger partial charge is 0.326 e. The fourth-order valence-electron chi connectivity index (χ4n) is 3.55. The van der Waals surface area contributed by atoms with Gasteiger partial charge in [0, 0.05) is 24.4 Å². The third kappa shape index (κ3) is 1.75. The Morgan fingerprint density at radius 2 is 2.09 bits per heavy atom. The SMILES string of the molecule is CC(=O)Nc1ccc2c(c1)CC1(C2)C(=O)Nc2ncccc21. The molecule has 2 amide bonds. The lowest BCUT2D eigenvalue weighted by Gasteiger charge is -2.20. The van der Waals surface area contributed by atoms with Crippen molar-refractivity contribution < 1.29 is 9.59 Å². The average molecular weight is 293 g/mol. The molecule has 1 aromatic carbocycles. The number of fused-ring (bicyclic) bond motifs is 3. The van der Waals surface area contributed by atoms with Crippen LogP contribution in [0.4, 0.5) is 11.5 Å². The maximum Gasteiger partial charge on any atom is 0.237 e. The number of rotatable bonds is 1. The third-order valence-corrected chi connectivity index (χ3v) is 4.50. The van der Waals surface area contributed by atoms with E-state index >= 15 is 0 Å². The van der Waals surface area contributed by atoms with Gasteiger partial charge in [0.25, 0.3) is 0 Å². The molecule has 1 unspecified atom stereocenters. The van der Waals surface area contributed by atoms with Crippen molar-refractivity contribution in [2.24, 2.45) is 0 Å². The van der Waals surface area contributed by atoms with E-state index in [-0.39, 0.29) is 11.8 Å². The van der Waals surface area contributed by atoms with Crippen molar-refractivity contribution in [3.63, 3.8) is 0 Å². The van der Waals surface area contributed by atoms with Crippen molar-refractivity contribution in [3.05, 3.63) is 53.2 Å². The Hall–Kier alpha value is -2.69. The Morgan fingerprint density at radius 3 is 2.91 bits per heavy atom. The first-order valence-corrected chi connectivity index (χ1v) is 7.25. The summed E-state index contributed by atoms with van der Waals surface area (Å²) < 4.78 is 0. The first-order valence-electron chi connectivity index (χ1n) is 7.25. The molecule has 2 heterocycles. The van der Waals surface area contributed by atoms with E-state index in [0.717, 1.165) is 22.4 Å². The van der Waals surface area contributed by atoms with Gasteiger partial charge in [-0.15, -0.1) is 0 Å². The zero-order valence-electron chi connectivity index (χ0n) is 12.1. The smallest absolute Gasteiger partial charge is 0.237 e. The number of anilines is 2. The summed E-state index contributed by atoms with van der Waals surface area (Å²) in [6, 6.07) is 9.69. The van der Waals surface area contributed by atoms with Crippen LogP contribution < -0.4 is 10.6 Å². The number of amides is 2. The average Bonchev–Trinajstić information content (AvgIpc) is 2.98. The monoisotopic (exact) mass is 293 g/mol. The van der Waals surface area contributed by atoms with Crippen molar-refractivity contribution in [3.8, 4) is 0 Å². The van der Waals surface area contributed by atoms with Crippen LogP contribution in [-0.2, 0) is 27.8 Å². The van der Waals surface area contributed by atoms with E-state index < -0.39 is 5.41 Å². The van der Waals surface area contributed by atoms with E-state index in [4.69, 9.17) is 0 Å². The summed E-state index contributed by atoms with van der Waals surface area (Å²) in [6.07, 6.45) is 3.00. The Morgan fingerprint density at radius 1 is 1.27 bits per heavy atom. The number of nitrogens with one attached hydrogen (secondary N) is 2. The molecule has 1 aliphatic carbocycles. The van der Waals surface area contributed by atoms with E-state index in [9.17, 15) is 9.59 Å². The summed E-state index contributed by atoms with van der Waals surface area (Å²) in [5, 5.41) is 5.68. The molecule has 110 valence electrons. The molecule has 5 heteroatoms. The highest BCUT2D eigenvalue weighted by molar-refractivity contribution is 6.06. The zero-order valence-corrected chi connectivity index (χ0v) is 12.1. The lowest BCUT2D eigenvalue weighted by atomic mass is 9.79. The van der Waals surface area contributed by atoms with Gasteiger partial charge < -0.3 is 10.6 Å². The number of hydrogen-bond donors (Lipinski definition) is 2. The first kappa shape index (κ1) is 13.0. The molecule has 0 saturated heterocycles. The van der Waals surface area contributed by atoms with Crippen LogP contribution >= 0.6 is 0 Å². The van der Waals surface area contributed by atoms with Crippen LogP contribution in [0, 0.1) is 0 Å². The van der Waals surface area contributed by atoms with E-state index in [2.05, 4.69) is 15.6 Å². The molecule has 1 atom stereocenters. The summed E-state index contributed by atoms with van der Waals surface area (Å²) in [5.41, 5.74) is 3.45. The minimum atomic E-state index is -0.555. The van der Waals surface area contributed by atoms with Gasteiger partial charge in [0.05, 0.1) is 5.41 Å². The van der Waals surface area contributed by atoms with Crippen molar-refractivity contribution >= 4 is 23.3 Å². The lowest BCUT2D eigenvalue weighted by Crippen LogP contribution is -2.35. The van der Waals surface area contributed by atoms with E-state index in [1.807, 2.05) is 30.3 Å². The van der Waals surface area contributed by atoms with Gasteiger partial charge in [-0.05, 0) is 42.2 Å². The van der Waals surface area contributed by atoms with Crippen molar-refractivity contribution in [1.82, 2.24) is 4.98 Å². The van der Waals surface area contributed by atoms with Gasteiger partial charge in [-0.2, -0.15) is 0 Å². The van der Waals surface area contributed by atoms with Gasteiger partial charge in [0.15, 0.2) is 0 Å². The van der Waals surface area contributed by atoms with Crippen LogP contribution in [-0.4, -0.2) is 16.8 Å². The highest BCUT2D eigenvalue weighted by Crippen LogP contribution is 2.46. The molecule has 0 bridgehead atoms. The third-order valence-electron chi connectivity index (χ3n) is 4.50. The van der Waals surface area contributed by atoms with Crippen LogP contribution in [0.2, 0.25) is 0 Å². The number of nitrogens with zero attached hydrogens (tertiary/aromatic N) is 1. The van der Waals surface area contributed by atoms with E-state index in [1.165, 1.54) is 6.92 Å². The van der Waals surface area contributed by atoms with Crippen molar-refractivity contribution in [1.29, 1.82) is 0 Å². The zero-order chi connectivity index (χ0) is 15.3. The number of benzene rings is 1. The number of carbonyl (C=O) groups excluding carboxylic acids is 2. The van der Waals surface area contributed by atoms with Crippen LogP contribution in [0.15, 0.2) is 36.5 Å². The molecule has 22 heavy (non-hydrogen) atoms. The summed E-state index contributed by atoms with van der Waals surface area (Å²) in [4.78, 5) is 28.0. The van der Waals surface area contributed by atoms with Gasteiger partial charge >= 0.3 is 0 Å². The molecule has 2 N–H and O–H groups in total. The fraction of sp³-hybridized carbons (Fsp3) is 0.235. The quantitative estimate of drug-likeness (QED) is 0.845. The molecular formula is C17H15N3O2. The summed E-state index contributed by atoms with van der Waals surface area (Å²) in [5.74, 6) is 0.585. The van der Waals surface area contributed by atoms with Gasteiger partial charge in [0.1, 0.15) is 5.82 Å². The molecule has 1 aromatic heterocycles. The van der Waals surface area contributed by atoms with E-state index in [0.29, 0.717) is 18.7 Å². The summed E-state index contributed by atoms with van der Waals surface area (Å²) in [6.45, 7) is 1.49. The highest BCUT2D eigenvalue weighted by atomic mass is 16.2. The Labute approximate surface area is 127 Å². The van der Waals surface area contributed by atoms with Gasteiger partial charge in [-0.3, -0.25) is 9.59 Å². The van der Waals surface area contributed by atoms with Crippen LogP contribution in [0.1, 0.15) is 23.6 Å². The molecule has 1 spiro atoms. The maximum absolute atomic E-state index is 12.6. The predicted molar refractivity (Wildman–Crippen MR) is 82.7 cm³/mol. The molecule has 0 radical (unpaired) electrons. The minimum Gasteiger partial charge on any atom is -0.326 e. The summed E-state index contributed by atoms with van der Waals surface area (Å²) in [7, 11) is 0. The van der Waals surface area contributed by atoms with E-state index in [1.54, 1.807) is 6.20 Å². The molecule has 1 aliphatic heterocycles. The Bertz CT molecular complexity index is 815. The summed E-state index contributed by atoms with van der Waals surface area (Å²) >= 11 is 0. The number of pyridine rings is 1.